The third-order valence-electron chi connectivity index (χ3n) is 13.2. The molecule has 3 aliphatic carbocycles. The van der Waals surface area contributed by atoms with E-state index in [4.69, 9.17) is 23.7 Å². The van der Waals surface area contributed by atoms with Crippen LogP contribution in [-0.4, -0.2) is 105 Å². The van der Waals surface area contributed by atoms with E-state index in [1.807, 2.05) is 0 Å². The van der Waals surface area contributed by atoms with Gasteiger partial charge < -0.3 is 44.3 Å². The number of ketones is 1. The van der Waals surface area contributed by atoms with Crippen molar-refractivity contribution in [3.63, 3.8) is 0 Å². The molecule has 0 radical (unpaired) electrons. The number of ether oxygens (including phenoxy) is 5. The van der Waals surface area contributed by atoms with Gasteiger partial charge >= 0.3 is 23.9 Å². The van der Waals surface area contributed by atoms with Gasteiger partial charge in [-0.15, -0.1) is 11.3 Å². The number of carbonyl (C=O) groups is 6. The summed E-state index contributed by atoms with van der Waals surface area (Å²) in [6.07, 6.45) is -10.4. The molecular formula is C45H49NO14S. The van der Waals surface area contributed by atoms with Crippen LogP contribution < -0.4 is 5.32 Å². The minimum atomic E-state index is -2.38. The average molecular weight is 860 g/mol. The summed E-state index contributed by atoms with van der Waals surface area (Å²) in [5.41, 5.74) is -7.33. The van der Waals surface area contributed by atoms with Gasteiger partial charge in [0, 0.05) is 42.5 Å². The monoisotopic (exact) mass is 859 g/mol. The molecule has 1 saturated heterocycles. The van der Waals surface area contributed by atoms with Crippen molar-refractivity contribution in [2.45, 2.75) is 108 Å². The van der Waals surface area contributed by atoms with Crippen LogP contribution >= 0.6 is 11.3 Å². The second kappa shape index (κ2) is 16.2. The lowest BCUT2D eigenvalue weighted by Gasteiger charge is -2.67. The fourth-order valence-electron chi connectivity index (χ4n) is 9.95. The van der Waals surface area contributed by atoms with Crippen molar-refractivity contribution in [3.8, 4) is 0 Å². The molecule has 3 aromatic rings. The smallest absolute Gasteiger partial charge is 0.338 e. The second-order valence-electron chi connectivity index (χ2n) is 17.0. The number of aliphatic hydroxyl groups is 3. The first-order valence-electron chi connectivity index (χ1n) is 20.0. The highest BCUT2D eigenvalue weighted by molar-refractivity contribution is 7.10. The van der Waals surface area contributed by atoms with E-state index in [-0.39, 0.29) is 35.3 Å². The van der Waals surface area contributed by atoms with E-state index in [0.717, 1.165) is 13.8 Å². The van der Waals surface area contributed by atoms with Gasteiger partial charge in [-0.3, -0.25) is 19.2 Å². The molecule has 2 saturated carbocycles. The second-order valence-corrected chi connectivity index (χ2v) is 17.9. The van der Waals surface area contributed by atoms with E-state index in [1.165, 1.54) is 37.3 Å². The fourth-order valence-corrected chi connectivity index (χ4v) is 10.8. The highest BCUT2D eigenvalue weighted by atomic mass is 32.1. The topological polar surface area (TPSA) is 221 Å². The van der Waals surface area contributed by atoms with Crippen LogP contribution in [0.5, 0.6) is 0 Å². The van der Waals surface area contributed by atoms with Crippen molar-refractivity contribution in [3.05, 3.63) is 105 Å². The minimum Gasteiger partial charge on any atom is -0.456 e. The Morgan fingerprint density at radius 3 is 2.08 bits per heavy atom. The summed E-state index contributed by atoms with van der Waals surface area (Å²) in [4.78, 5) is 83.6. The number of fused-ring (bicyclic) bond motifs is 5. The molecule has 7 rings (SSSR count). The van der Waals surface area contributed by atoms with Gasteiger partial charge in [0.15, 0.2) is 23.6 Å². The first kappa shape index (κ1) is 43.8. The molecule has 324 valence electrons. The van der Waals surface area contributed by atoms with Crippen molar-refractivity contribution in [2.24, 2.45) is 16.7 Å². The maximum Gasteiger partial charge on any atom is 0.338 e. The number of aliphatic hydroxyl groups excluding tert-OH is 2. The molecule has 4 N–H and O–H groups in total. The van der Waals surface area contributed by atoms with Crippen LogP contribution in [-0.2, 0) is 42.9 Å². The van der Waals surface area contributed by atoms with E-state index < -0.39 is 113 Å². The van der Waals surface area contributed by atoms with E-state index in [2.05, 4.69) is 5.32 Å². The van der Waals surface area contributed by atoms with E-state index in [0.29, 0.717) is 4.88 Å². The Morgan fingerprint density at radius 2 is 1.52 bits per heavy atom. The van der Waals surface area contributed by atoms with Crippen LogP contribution in [0.15, 0.2) is 89.3 Å². The first-order valence-corrected chi connectivity index (χ1v) is 20.8. The van der Waals surface area contributed by atoms with Gasteiger partial charge in [-0.25, -0.2) is 9.59 Å². The van der Waals surface area contributed by atoms with Crippen LogP contribution in [0.3, 0.4) is 0 Å². The molecule has 2 heterocycles. The van der Waals surface area contributed by atoms with Crippen LogP contribution in [0, 0.1) is 16.7 Å². The predicted octanol–water partition coefficient (Wildman–Crippen LogP) is 3.80. The van der Waals surface area contributed by atoms with Crippen molar-refractivity contribution >= 4 is 46.9 Å². The molecule has 1 aliphatic heterocycles. The van der Waals surface area contributed by atoms with Gasteiger partial charge in [-0.05, 0) is 60.7 Å². The Labute approximate surface area is 356 Å². The van der Waals surface area contributed by atoms with Crippen LogP contribution in [0.25, 0.3) is 0 Å². The number of benzene rings is 2. The molecule has 1 amide bonds. The summed E-state index contributed by atoms with van der Waals surface area (Å²) >= 11 is 1.18. The van der Waals surface area contributed by atoms with Crippen LogP contribution in [0.4, 0.5) is 0 Å². The Bertz CT molecular complexity index is 2240. The summed E-state index contributed by atoms with van der Waals surface area (Å²) in [6, 6.07) is 18.0. The number of Topliss-reactive ketones (excluding diaryl/α,β-unsaturated/α-hetero) is 1. The Hall–Kier alpha value is -5.26. The van der Waals surface area contributed by atoms with Crippen molar-refractivity contribution in [2.75, 3.05) is 6.61 Å². The maximum absolute atomic E-state index is 15.5. The fraction of sp³-hybridized carbons (Fsp3) is 0.467. The normalized spacial score (nSPS) is 32.2. The molecule has 4 aliphatic rings. The predicted molar refractivity (Wildman–Crippen MR) is 216 cm³/mol. The van der Waals surface area contributed by atoms with Crippen LogP contribution in [0.2, 0.25) is 0 Å². The van der Waals surface area contributed by atoms with Crippen LogP contribution in [0.1, 0.15) is 86.0 Å². The van der Waals surface area contributed by atoms with E-state index in [1.54, 1.807) is 79.9 Å². The van der Waals surface area contributed by atoms with E-state index >= 15 is 4.79 Å². The number of amides is 1. The molecule has 2 bridgehead atoms. The zero-order valence-corrected chi connectivity index (χ0v) is 35.3. The van der Waals surface area contributed by atoms with Gasteiger partial charge in [-0.2, -0.15) is 0 Å². The molecule has 15 nitrogen and oxygen atoms in total. The summed E-state index contributed by atoms with van der Waals surface area (Å²) in [7, 11) is 0. The Balaban J connectivity index is 1.38. The highest BCUT2D eigenvalue weighted by Gasteiger charge is 2.78. The van der Waals surface area contributed by atoms with E-state index in [9.17, 15) is 39.3 Å². The summed E-state index contributed by atoms with van der Waals surface area (Å²) in [5, 5.41) is 41.8. The molecule has 0 unspecified atom stereocenters. The summed E-state index contributed by atoms with van der Waals surface area (Å²) in [5.74, 6) is -6.80. The first-order chi connectivity index (χ1) is 28.8. The zero-order chi connectivity index (χ0) is 44.2. The summed E-state index contributed by atoms with van der Waals surface area (Å²) in [6.45, 7) is 7.99. The molecule has 11 atom stereocenters. The highest BCUT2D eigenvalue weighted by Crippen LogP contribution is 2.64. The molecule has 1 aromatic heterocycles. The molecular weight excluding hydrogens is 811 g/mol. The van der Waals surface area contributed by atoms with Gasteiger partial charge in [-0.1, -0.05) is 56.3 Å². The Kier molecular flexibility index (Phi) is 11.6. The van der Waals surface area contributed by atoms with Gasteiger partial charge in [0.2, 0.25) is 0 Å². The van der Waals surface area contributed by atoms with Crippen molar-refractivity contribution in [1.82, 2.24) is 5.32 Å². The van der Waals surface area contributed by atoms with Gasteiger partial charge in [0.05, 0.1) is 29.6 Å². The number of hydrogen-bond acceptors (Lipinski definition) is 15. The summed E-state index contributed by atoms with van der Waals surface area (Å²) < 4.78 is 30.2. The number of esters is 4. The quantitative estimate of drug-likeness (QED) is 0.130. The third kappa shape index (κ3) is 7.27. The average Bonchev–Trinajstić information content (AvgIpc) is 3.76. The number of thiophene rings is 1. The molecule has 16 heteroatoms. The molecule has 0 spiro atoms. The lowest BCUT2D eigenvalue weighted by molar-refractivity contribution is -0.346. The molecule has 61 heavy (non-hydrogen) atoms. The zero-order valence-electron chi connectivity index (χ0n) is 34.5. The maximum atomic E-state index is 15.5. The molecule has 2 aromatic carbocycles. The SMILES string of the molecule is CC(=O)O[C@H]1C(=O)[C@@]2(C)[C@H]([C@H](OC(=O)c3ccccc3)[C@]3(O)C[C@H](OC(=O)[C@H](O)[C@@H](NC(=O)c4ccccc4)c4cccs4)C(C)=C1C3(C)C)[C@]1(OC(C)=O)CO[C@@H]1C[C@@H]2O. The lowest BCUT2D eigenvalue weighted by atomic mass is 9.44. The minimum absolute atomic E-state index is 0.00193. The molecule has 3 fully saturated rings. The van der Waals surface area contributed by atoms with Crippen molar-refractivity contribution < 1.29 is 67.8 Å². The standard InChI is InChI=1S/C45H49NO14S/c1-23-28(58-41(54)34(50)33(29-18-13-19-61-29)46-39(52)26-14-9-7-10-15-26)21-45(55)38(59-40(53)27-16-11-8-12-17-27)36-43(6,30(49)20-31-44(36,22-56-31)60-25(3)48)37(51)35(57-24(2)47)32(23)42(45,4)5/h7-19,28,30-31,33-36,38,49-50,55H,20-22H2,1-6H3,(H,46,52)/t28-,30-,31+,33-,34+,35+,36-,38-,43+,44-,45+/m0/s1. The largest absolute Gasteiger partial charge is 0.456 e. The number of nitrogens with one attached hydrogen (secondary N) is 1. The number of hydrogen-bond donors (Lipinski definition) is 4. The number of carbonyl (C=O) groups excluding carboxylic acids is 6. The third-order valence-corrected chi connectivity index (χ3v) is 14.1. The van der Waals surface area contributed by atoms with Gasteiger partial charge in [0.1, 0.15) is 30.0 Å². The number of rotatable bonds is 10. The lowest BCUT2D eigenvalue weighted by Crippen LogP contribution is -2.82. The Morgan fingerprint density at radius 1 is 0.885 bits per heavy atom. The van der Waals surface area contributed by atoms with Crippen molar-refractivity contribution in [1.29, 1.82) is 0 Å². The van der Waals surface area contributed by atoms with Gasteiger partial charge in [0.25, 0.3) is 5.91 Å².